The molecule has 0 aromatic heterocycles. The molecule has 0 aliphatic carbocycles. The van der Waals surface area contributed by atoms with Crippen molar-refractivity contribution in [3.63, 3.8) is 0 Å². The van der Waals surface area contributed by atoms with Crippen LogP contribution in [-0.4, -0.2) is 65.2 Å². The average molecular weight is 285 g/mol. The third kappa shape index (κ3) is 4.37. The standard InChI is InChI=1S/C14H27N3O3/c1-5-14(4,12(18)19)15-13(20)17-8-6-16(7-9-17)10-11(2)3/h11H,5-10H2,1-4H3,(H,15,20)(H,18,19). The second kappa shape index (κ2) is 6.92. The fourth-order valence-corrected chi connectivity index (χ4v) is 2.26. The Morgan fingerprint density at radius 3 is 2.20 bits per heavy atom. The third-order valence-electron chi connectivity index (χ3n) is 3.84. The molecule has 0 aromatic carbocycles. The van der Waals surface area contributed by atoms with Gasteiger partial charge in [0.05, 0.1) is 0 Å². The number of urea groups is 1. The van der Waals surface area contributed by atoms with Gasteiger partial charge < -0.3 is 15.3 Å². The van der Waals surface area contributed by atoms with Crippen molar-refractivity contribution < 1.29 is 14.7 Å². The molecule has 0 aromatic rings. The van der Waals surface area contributed by atoms with Crippen LogP contribution in [0.1, 0.15) is 34.1 Å². The minimum Gasteiger partial charge on any atom is -0.480 e. The molecule has 0 spiro atoms. The number of hydrogen-bond donors (Lipinski definition) is 2. The van der Waals surface area contributed by atoms with Gasteiger partial charge in [-0.25, -0.2) is 9.59 Å². The number of nitrogens with one attached hydrogen (secondary N) is 1. The lowest BCUT2D eigenvalue weighted by molar-refractivity contribution is -0.143. The van der Waals surface area contributed by atoms with Crippen LogP contribution in [0, 0.1) is 5.92 Å². The molecule has 1 aliphatic rings. The van der Waals surface area contributed by atoms with Gasteiger partial charge >= 0.3 is 12.0 Å². The Morgan fingerprint density at radius 2 is 1.80 bits per heavy atom. The monoisotopic (exact) mass is 285 g/mol. The Balaban J connectivity index is 2.49. The number of rotatable bonds is 5. The quantitative estimate of drug-likeness (QED) is 0.796. The van der Waals surface area contributed by atoms with E-state index in [9.17, 15) is 14.7 Å². The predicted octanol–water partition coefficient (Wildman–Crippen LogP) is 1.22. The second-order valence-electron chi connectivity index (χ2n) is 6.10. The summed E-state index contributed by atoms with van der Waals surface area (Å²) in [6.45, 7) is 11.7. The SMILES string of the molecule is CCC(C)(NC(=O)N1CCN(CC(C)C)CC1)C(=O)O. The summed E-state index contributed by atoms with van der Waals surface area (Å²) in [7, 11) is 0. The number of carboxylic acid groups (broad SMARTS) is 1. The predicted molar refractivity (Wildman–Crippen MR) is 77.7 cm³/mol. The fourth-order valence-electron chi connectivity index (χ4n) is 2.26. The van der Waals surface area contributed by atoms with Crippen LogP contribution in [0.5, 0.6) is 0 Å². The molecule has 1 heterocycles. The first-order valence-corrected chi connectivity index (χ1v) is 7.31. The number of aliphatic carboxylic acids is 1. The molecule has 0 saturated carbocycles. The average Bonchev–Trinajstić information content (AvgIpc) is 2.38. The molecule has 1 rings (SSSR count). The highest BCUT2D eigenvalue weighted by Gasteiger charge is 2.34. The maximum Gasteiger partial charge on any atom is 0.329 e. The van der Waals surface area contributed by atoms with Crippen molar-refractivity contribution >= 4 is 12.0 Å². The summed E-state index contributed by atoms with van der Waals surface area (Å²) in [5.74, 6) is -0.377. The summed E-state index contributed by atoms with van der Waals surface area (Å²) in [4.78, 5) is 27.4. The van der Waals surface area contributed by atoms with E-state index in [0.717, 1.165) is 19.6 Å². The number of piperazine rings is 1. The molecule has 0 bridgehead atoms. The van der Waals surface area contributed by atoms with Crippen molar-refractivity contribution in [3.8, 4) is 0 Å². The number of amides is 2. The molecule has 1 atom stereocenters. The highest BCUT2D eigenvalue weighted by Crippen LogP contribution is 2.11. The lowest BCUT2D eigenvalue weighted by Crippen LogP contribution is -2.59. The van der Waals surface area contributed by atoms with Crippen molar-refractivity contribution in [2.75, 3.05) is 32.7 Å². The molecular weight excluding hydrogens is 258 g/mol. The Labute approximate surface area is 121 Å². The van der Waals surface area contributed by atoms with E-state index < -0.39 is 11.5 Å². The highest BCUT2D eigenvalue weighted by molar-refractivity contribution is 5.85. The van der Waals surface area contributed by atoms with Crippen LogP contribution in [-0.2, 0) is 4.79 Å². The molecule has 6 heteroatoms. The Kier molecular flexibility index (Phi) is 5.80. The van der Waals surface area contributed by atoms with E-state index in [2.05, 4.69) is 24.1 Å². The number of carboxylic acids is 1. The van der Waals surface area contributed by atoms with E-state index in [-0.39, 0.29) is 6.03 Å². The first-order valence-electron chi connectivity index (χ1n) is 7.31. The van der Waals surface area contributed by atoms with Crippen molar-refractivity contribution in [1.82, 2.24) is 15.1 Å². The normalized spacial score (nSPS) is 19.8. The molecule has 1 fully saturated rings. The van der Waals surface area contributed by atoms with Gasteiger partial charge in [0.2, 0.25) is 0 Å². The number of hydrogen-bond acceptors (Lipinski definition) is 3. The van der Waals surface area contributed by atoms with E-state index in [1.54, 1.807) is 18.7 Å². The summed E-state index contributed by atoms with van der Waals surface area (Å²) in [6.07, 6.45) is 0.362. The van der Waals surface area contributed by atoms with E-state index in [0.29, 0.717) is 25.4 Å². The van der Waals surface area contributed by atoms with Gasteiger partial charge in [-0.15, -0.1) is 0 Å². The van der Waals surface area contributed by atoms with E-state index in [1.807, 2.05) is 0 Å². The van der Waals surface area contributed by atoms with Crippen LogP contribution in [0.25, 0.3) is 0 Å². The van der Waals surface area contributed by atoms with Gasteiger partial charge in [0.1, 0.15) is 5.54 Å². The lowest BCUT2D eigenvalue weighted by atomic mass is 10.00. The summed E-state index contributed by atoms with van der Waals surface area (Å²) < 4.78 is 0. The fraction of sp³-hybridized carbons (Fsp3) is 0.857. The minimum absolute atomic E-state index is 0.277. The van der Waals surface area contributed by atoms with Gasteiger partial charge in [-0.2, -0.15) is 0 Å². The largest absolute Gasteiger partial charge is 0.480 e. The zero-order valence-electron chi connectivity index (χ0n) is 13.0. The van der Waals surface area contributed by atoms with Crippen molar-refractivity contribution in [3.05, 3.63) is 0 Å². The maximum atomic E-state index is 12.1. The zero-order chi connectivity index (χ0) is 15.3. The van der Waals surface area contributed by atoms with Crippen LogP contribution >= 0.6 is 0 Å². The van der Waals surface area contributed by atoms with Crippen molar-refractivity contribution in [1.29, 1.82) is 0 Å². The summed E-state index contributed by atoms with van der Waals surface area (Å²) in [6, 6.07) is -0.277. The van der Waals surface area contributed by atoms with Gasteiger partial charge in [0, 0.05) is 32.7 Å². The van der Waals surface area contributed by atoms with Crippen LogP contribution in [0.15, 0.2) is 0 Å². The molecule has 1 aliphatic heterocycles. The summed E-state index contributed by atoms with van der Waals surface area (Å²) >= 11 is 0. The van der Waals surface area contributed by atoms with Crippen molar-refractivity contribution in [2.45, 2.75) is 39.7 Å². The Bertz CT molecular complexity index is 352. The van der Waals surface area contributed by atoms with Crippen molar-refractivity contribution in [2.24, 2.45) is 5.92 Å². The van der Waals surface area contributed by atoms with Crippen LogP contribution in [0.4, 0.5) is 4.79 Å². The lowest BCUT2D eigenvalue weighted by Gasteiger charge is -2.37. The summed E-state index contributed by atoms with van der Waals surface area (Å²) in [5, 5.41) is 11.8. The maximum absolute atomic E-state index is 12.1. The molecule has 2 N–H and O–H groups in total. The molecule has 6 nitrogen and oxygen atoms in total. The molecule has 116 valence electrons. The number of nitrogens with zero attached hydrogens (tertiary/aromatic N) is 2. The van der Waals surface area contributed by atoms with Gasteiger partial charge in [-0.3, -0.25) is 4.90 Å². The third-order valence-corrected chi connectivity index (χ3v) is 3.84. The molecule has 0 radical (unpaired) electrons. The minimum atomic E-state index is -1.19. The van der Waals surface area contributed by atoms with Gasteiger partial charge in [0.15, 0.2) is 0 Å². The van der Waals surface area contributed by atoms with E-state index >= 15 is 0 Å². The van der Waals surface area contributed by atoms with Gasteiger partial charge in [-0.1, -0.05) is 20.8 Å². The Morgan fingerprint density at radius 1 is 1.25 bits per heavy atom. The first kappa shape index (κ1) is 16.8. The van der Waals surface area contributed by atoms with Gasteiger partial charge in [-0.05, 0) is 19.3 Å². The van der Waals surface area contributed by atoms with Crippen LogP contribution < -0.4 is 5.32 Å². The second-order valence-corrected chi connectivity index (χ2v) is 6.10. The molecular formula is C14H27N3O3. The highest BCUT2D eigenvalue weighted by atomic mass is 16.4. The first-order chi connectivity index (χ1) is 9.28. The van der Waals surface area contributed by atoms with Crippen LogP contribution in [0.2, 0.25) is 0 Å². The molecule has 2 amide bonds. The van der Waals surface area contributed by atoms with Gasteiger partial charge in [0.25, 0.3) is 0 Å². The van der Waals surface area contributed by atoms with E-state index in [1.165, 1.54) is 0 Å². The topological polar surface area (TPSA) is 72.9 Å². The zero-order valence-corrected chi connectivity index (χ0v) is 13.0. The number of carbonyl (C=O) groups is 2. The molecule has 1 unspecified atom stereocenters. The Hall–Kier alpha value is -1.30. The smallest absolute Gasteiger partial charge is 0.329 e. The van der Waals surface area contributed by atoms with E-state index in [4.69, 9.17) is 0 Å². The molecule has 1 saturated heterocycles. The van der Waals surface area contributed by atoms with Crippen LogP contribution in [0.3, 0.4) is 0 Å². The summed E-state index contributed by atoms with van der Waals surface area (Å²) in [5.41, 5.74) is -1.19. The molecule has 20 heavy (non-hydrogen) atoms. The number of carbonyl (C=O) groups excluding carboxylic acids is 1.